The van der Waals surface area contributed by atoms with Crippen molar-refractivity contribution >= 4 is 45.2 Å². The maximum Gasteiger partial charge on any atom is 0.132 e. The first-order chi connectivity index (χ1) is 16.3. The molecule has 0 fully saturated rings. The maximum atomic E-state index is 14.4. The minimum absolute atomic E-state index is 0.117. The fourth-order valence-corrected chi connectivity index (χ4v) is 6.04. The number of rotatable bonds is 4. The number of thiophene rings is 2. The van der Waals surface area contributed by atoms with E-state index in [1.54, 1.807) is 12.1 Å². The molecule has 2 aromatic heterocycles. The molecule has 4 aromatic rings. The summed E-state index contributed by atoms with van der Waals surface area (Å²) in [6.07, 6.45) is 3.67. The maximum absolute atomic E-state index is 14.4. The van der Waals surface area contributed by atoms with Gasteiger partial charge in [-0.2, -0.15) is 0 Å². The fraction of sp³-hybridized carbons (Fsp3) is 0.0714. The highest BCUT2D eigenvalue weighted by Gasteiger charge is 2.24. The van der Waals surface area contributed by atoms with Crippen molar-refractivity contribution in [3.63, 3.8) is 0 Å². The van der Waals surface area contributed by atoms with E-state index in [4.69, 9.17) is 10.8 Å². The molecule has 0 spiro atoms. The lowest BCUT2D eigenvalue weighted by molar-refractivity contribution is 0.630. The van der Waals surface area contributed by atoms with E-state index in [9.17, 15) is 8.78 Å². The summed E-state index contributed by atoms with van der Waals surface area (Å²) in [6, 6.07) is 17.8. The number of benzene rings is 2. The van der Waals surface area contributed by atoms with E-state index in [1.165, 1.54) is 34.8 Å². The van der Waals surface area contributed by atoms with Crippen molar-refractivity contribution < 1.29 is 8.78 Å². The first kappa shape index (κ1) is 22.3. The summed E-state index contributed by atoms with van der Waals surface area (Å²) in [5, 5.41) is 17.3. The van der Waals surface area contributed by atoms with Gasteiger partial charge in [0.15, 0.2) is 0 Å². The van der Waals surface area contributed by atoms with Gasteiger partial charge in [0.2, 0.25) is 0 Å². The van der Waals surface area contributed by atoms with E-state index in [0.717, 1.165) is 30.6 Å². The van der Waals surface area contributed by atoms with Gasteiger partial charge in [-0.05, 0) is 61.4 Å². The van der Waals surface area contributed by atoms with Crippen LogP contribution in [0.3, 0.4) is 0 Å². The Labute approximate surface area is 204 Å². The normalized spacial score (nSPS) is 13.8. The van der Waals surface area contributed by atoms with Crippen LogP contribution in [0.2, 0.25) is 0 Å². The molecule has 0 amide bonds. The summed E-state index contributed by atoms with van der Waals surface area (Å²) >= 11 is 2.81. The smallest absolute Gasteiger partial charge is 0.132 e. The third-order valence-electron chi connectivity index (χ3n) is 5.73. The number of hydrogen-bond donors (Lipinski definition) is 2. The van der Waals surface area contributed by atoms with Crippen LogP contribution < -0.4 is 0 Å². The zero-order valence-electron chi connectivity index (χ0n) is 18.5. The second-order valence-electron chi connectivity index (χ2n) is 8.21. The fourth-order valence-electron chi connectivity index (χ4n) is 3.91. The van der Waals surface area contributed by atoms with Crippen molar-refractivity contribution in [2.45, 2.75) is 13.8 Å². The van der Waals surface area contributed by atoms with Gasteiger partial charge in [-0.3, -0.25) is 10.8 Å². The Morgan fingerprint density at radius 3 is 1.32 bits per heavy atom. The third-order valence-corrected chi connectivity index (χ3v) is 8.03. The number of hydrogen-bond acceptors (Lipinski definition) is 4. The van der Waals surface area contributed by atoms with Gasteiger partial charge in [-0.1, -0.05) is 36.4 Å². The molecule has 0 radical (unpaired) electrons. The van der Waals surface area contributed by atoms with Crippen LogP contribution in [-0.4, -0.2) is 11.4 Å². The van der Waals surface area contributed by atoms with Crippen LogP contribution in [0.15, 0.2) is 72.8 Å². The molecular formula is C28H20F2N2S2. The van der Waals surface area contributed by atoms with Crippen LogP contribution in [0.1, 0.15) is 20.9 Å². The number of halogens is 2. The Bertz CT molecular complexity index is 1420. The Kier molecular flexibility index (Phi) is 5.71. The zero-order valence-corrected chi connectivity index (χ0v) is 20.1. The molecule has 168 valence electrons. The molecule has 6 heteroatoms. The lowest BCUT2D eigenvalue weighted by Gasteiger charge is -2.15. The van der Waals surface area contributed by atoms with E-state index < -0.39 is 0 Å². The largest absolute Gasteiger partial charge is 0.298 e. The second-order valence-corrected chi connectivity index (χ2v) is 10.4. The third kappa shape index (κ3) is 4.00. The van der Waals surface area contributed by atoms with Crippen molar-refractivity contribution in [3.8, 4) is 20.9 Å². The Hall–Kier alpha value is -3.48. The van der Waals surface area contributed by atoms with Crippen molar-refractivity contribution in [2.24, 2.45) is 0 Å². The average Bonchev–Trinajstić information content (AvgIpc) is 3.46. The van der Waals surface area contributed by atoms with Gasteiger partial charge in [0, 0.05) is 41.8 Å². The number of nitrogens with one attached hydrogen (secondary N) is 2. The van der Waals surface area contributed by atoms with Crippen LogP contribution in [-0.2, 0) is 0 Å². The van der Waals surface area contributed by atoms with Gasteiger partial charge in [0.25, 0.3) is 0 Å². The molecule has 2 heterocycles. The highest BCUT2D eigenvalue weighted by Crippen LogP contribution is 2.39. The van der Waals surface area contributed by atoms with E-state index in [2.05, 4.69) is 0 Å². The molecular weight excluding hydrogens is 466 g/mol. The molecule has 0 saturated carbocycles. The van der Waals surface area contributed by atoms with E-state index >= 15 is 0 Å². The molecule has 0 atom stereocenters. The quantitative estimate of drug-likeness (QED) is 0.272. The summed E-state index contributed by atoms with van der Waals surface area (Å²) in [5.74, 6) is -0.538. The molecule has 34 heavy (non-hydrogen) atoms. The van der Waals surface area contributed by atoms with Gasteiger partial charge in [0.05, 0.1) is 11.4 Å². The molecule has 1 aliphatic carbocycles. The highest BCUT2D eigenvalue weighted by atomic mass is 32.1. The van der Waals surface area contributed by atoms with Crippen molar-refractivity contribution in [1.29, 1.82) is 10.8 Å². The lowest BCUT2D eigenvalue weighted by Crippen LogP contribution is -2.17. The van der Waals surface area contributed by atoms with E-state index in [1.807, 2.05) is 62.4 Å². The van der Waals surface area contributed by atoms with Crippen LogP contribution in [0.4, 0.5) is 8.78 Å². The van der Waals surface area contributed by atoms with E-state index in [-0.39, 0.29) is 23.1 Å². The monoisotopic (exact) mass is 486 g/mol. The van der Waals surface area contributed by atoms with E-state index in [0.29, 0.717) is 22.3 Å². The molecule has 0 unspecified atom stereocenters. The molecule has 0 saturated heterocycles. The average molecular weight is 487 g/mol. The molecule has 2 aromatic carbocycles. The SMILES string of the molecule is Cc1ccc(-c2ccc(C3=CC=C(c4ccc(-c5ccc(C)cc5F)s4)C(=N)C3=N)s2)c(F)c1. The molecule has 0 aliphatic heterocycles. The second kappa shape index (κ2) is 8.70. The molecule has 2 nitrogen and oxygen atoms in total. The van der Waals surface area contributed by atoms with Crippen molar-refractivity contribution in [3.05, 3.63) is 105 Å². The predicted molar refractivity (Wildman–Crippen MR) is 140 cm³/mol. The van der Waals surface area contributed by atoms with Gasteiger partial charge in [-0.15, -0.1) is 22.7 Å². The minimum atomic E-state index is -0.269. The van der Waals surface area contributed by atoms with Crippen molar-refractivity contribution in [2.75, 3.05) is 0 Å². The summed E-state index contributed by atoms with van der Waals surface area (Å²) in [5.41, 5.74) is 4.30. The number of aryl methyl sites for hydroxylation is 2. The topological polar surface area (TPSA) is 47.7 Å². The number of allylic oxidation sites excluding steroid dienone is 4. The van der Waals surface area contributed by atoms with Gasteiger partial charge in [-0.25, -0.2) is 8.78 Å². The minimum Gasteiger partial charge on any atom is -0.298 e. The Balaban J connectivity index is 1.46. The van der Waals surface area contributed by atoms with Gasteiger partial charge in [0.1, 0.15) is 11.6 Å². The molecule has 1 aliphatic rings. The molecule has 5 rings (SSSR count). The Morgan fingerprint density at radius 2 is 0.941 bits per heavy atom. The van der Waals surface area contributed by atoms with Crippen LogP contribution >= 0.6 is 22.7 Å². The molecule has 0 bridgehead atoms. The summed E-state index contributed by atoms with van der Waals surface area (Å²) in [6.45, 7) is 3.70. The first-order valence-corrected chi connectivity index (χ1v) is 12.3. The van der Waals surface area contributed by atoms with Gasteiger partial charge >= 0.3 is 0 Å². The summed E-state index contributed by atoms with van der Waals surface area (Å²) in [4.78, 5) is 3.19. The summed E-state index contributed by atoms with van der Waals surface area (Å²) < 4.78 is 28.8. The highest BCUT2D eigenvalue weighted by molar-refractivity contribution is 7.18. The zero-order chi connectivity index (χ0) is 24.0. The van der Waals surface area contributed by atoms with Gasteiger partial charge < -0.3 is 0 Å². The Morgan fingerprint density at radius 1 is 0.559 bits per heavy atom. The standard InChI is InChI=1S/C28H20F2N2S2/c1-15-3-5-17(21(29)13-15)23-9-11-25(33-23)19-7-8-20(28(32)27(19)31)26-12-10-24(34-26)18-6-4-16(2)14-22(18)30/h3-14,31-32H,1-2H3. The summed E-state index contributed by atoms with van der Waals surface area (Å²) in [7, 11) is 0. The predicted octanol–water partition coefficient (Wildman–Crippen LogP) is 8.56. The van der Waals surface area contributed by atoms with Crippen molar-refractivity contribution in [1.82, 2.24) is 0 Å². The molecule has 2 N–H and O–H groups in total. The first-order valence-electron chi connectivity index (χ1n) is 10.7. The van der Waals surface area contributed by atoms with Crippen LogP contribution in [0.5, 0.6) is 0 Å². The van der Waals surface area contributed by atoms with Crippen LogP contribution in [0.25, 0.3) is 32.0 Å². The lowest BCUT2D eigenvalue weighted by atomic mass is 9.92. The van der Waals surface area contributed by atoms with Crippen LogP contribution in [0, 0.1) is 36.3 Å².